The number of hydrogen-bond acceptors (Lipinski definition) is 2. The van der Waals surface area contributed by atoms with Crippen LogP contribution in [-0.2, 0) is 4.79 Å². The summed E-state index contributed by atoms with van der Waals surface area (Å²) in [7, 11) is 0. The first-order chi connectivity index (χ1) is 6.08. The second-order valence-corrected chi connectivity index (χ2v) is 3.98. The van der Waals surface area contributed by atoms with Crippen LogP contribution in [0.4, 0.5) is 0 Å². The molecule has 0 spiro atoms. The molecule has 0 fully saturated rings. The van der Waals surface area contributed by atoms with Crippen LogP contribution in [0.1, 0.15) is 52.9 Å². The minimum atomic E-state index is -0.503. The van der Waals surface area contributed by atoms with Gasteiger partial charge in [0, 0.05) is 6.42 Å². The molecule has 0 bridgehead atoms. The molecule has 0 aliphatic heterocycles. The Kier molecular flexibility index (Phi) is 5.97. The largest absolute Gasteiger partial charge is 0.390 e. The second kappa shape index (κ2) is 6.14. The van der Waals surface area contributed by atoms with Crippen molar-refractivity contribution < 1.29 is 9.90 Å². The zero-order valence-electron chi connectivity index (χ0n) is 9.05. The summed E-state index contributed by atoms with van der Waals surface area (Å²) in [6.07, 6.45) is 4.94. The molecule has 13 heavy (non-hydrogen) atoms. The van der Waals surface area contributed by atoms with Crippen molar-refractivity contribution in [2.24, 2.45) is 5.92 Å². The Labute approximate surface area is 81.3 Å². The lowest BCUT2D eigenvalue weighted by molar-refractivity contribution is -0.108. The molecule has 0 aromatic rings. The maximum absolute atomic E-state index is 10.2. The van der Waals surface area contributed by atoms with Gasteiger partial charge in [-0.3, -0.25) is 0 Å². The van der Waals surface area contributed by atoms with Crippen LogP contribution < -0.4 is 0 Å². The zero-order chi connectivity index (χ0) is 10.3. The summed E-state index contributed by atoms with van der Waals surface area (Å²) in [5.74, 6) is 0.405. The minimum Gasteiger partial charge on any atom is -0.390 e. The Bertz CT molecular complexity index is 139. The molecule has 0 aliphatic rings. The van der Waals surface area contributed by atoms with Crippen molar-refractivity contribution in [2.75, 3.05) is 0 Å². The standard InChI is InChI=1S/C11H22O2/c1-4-11(13,5-2)8-6-10(3)7-9-12/h9-10,13H,4-8H2,1-3H3. The van der Waals surface area contributed by atoms with Crippen molar-refractivity contribution >= 4 is 6.29 Å². The van der Waals surface area contributed by atoms with E-state index >= 15 is 0 Å². The quantitative estimate of drug-likeness (QED) is 0.620. The summed E-state index contributed by atoms with van der Waals surface area (Å²) in [5.41, 5.74) is -0.503. The molecule has 0 aliphatic carbocycles. The van der Waals surface area contributed by atoms with Gasteiger partial charge in [-0.25, -0.2) is 0 Å². The maximum Gasteiger partial charge on any atom is 0.120 e. The molecule has 0 aromatic carbocycles. The summed E-state index contributed by atoms with van der Waals surface area (Å²) in [4.78, 5) is 10.2. The number of hydrogen-bond donors (Lipinski definition) is 1. The van der Waals surface area contributed by atoms with Crippen LogP contribution in [0.2, 0.25) is 0 Å². The fourth-order valence-electron chi connectivity index (χ4n) is 1.40. The second-order valence-electron chi connectivity index (χ2n) is 3.98. The molecule has 1 atom stereocenters. The van der Waals surface area contributed by atoms with E-state index in [4.69, 9.17) is 0 Å². The predicted molar refractivity (Wildman–Crippen MR) is 54.6 cm³/mol. The first kappa shape index (κ1) is 12.6. The fourth-order valence-corrected chi connectivity index (χ4v) is 1.40. The summed E-state index contributed by atoms with van der Waals surface area (Å²) in [6.45, 7) is 6.07. The molecule has 0 heterocycles. The molecule has 0 amide bonds. The molecule has 0 saturated carbocycles. The van der Waals surface area contributed by atoms with Gasteiger partial charge in [0.05, 0.1) is 5.60 Å². The van der Waals surface area contributed by atoms with Gasteiger partial charge in [-0.05, 0) is 31.6 Å². The van der Waals surface area contributed by atoms with Gasteiger partial charge in [-0.2, -0.15) is 0 Å². The summed E-state index contributed by atoms with van der Waals surface area (Å²) in [6, 6.07) is 0. The average molecular weight is 186 g/mol. The van der Waals surface area contributed by atoms with Gasteiger partial charge in [0.25, 0.3) is 0 Å². The number of carbonyl (C=O) groups excluding carboxylic acids is 1. The third-order valence-electron chi connectivity index (χ3n) is 2.92. The molecule has 0 radical (unpaired) electrons. The number of rotatable bonds is 7. The van der Waals surface area contributed by atoms with E-state index in [0.29, 0.717) is 12.3 Å². The van der Waals surface area contributed by atoms with E-state index in [1.165, 1.54) is 0 Å². The van der Waals surface area contributed by atoms with Crippen LogP contribution in [-0.4, -0.2) is 17.0 Å². The molecular formula is C11H22O2. The molecule has 0 aromatic heterocycles. The third-order valence-corrected chi connectivity index (χ3v) is 2.92. The molecule has 78 valence electrons. The Morgan fingerprint density at radius 1 is 1.38 bits per heavy atom. The lowest BCUT2D eigenvalue weighted by Gasteiger charge is -2.26. The van der Waals surface area contributed by atoms with Gasteiger partial charge in [-0.15, -0.1) is 0 Å². The van der Waals surface area contributed by atoms with E-state index in [1.54, 1.807) is 0 Å². The Morgan fingerprint density at radius 2 is 1.92 bits per heavy atom. The molecule has 0 rings (SSSR count). The van der Waals surface area contributed by atoms with Gasteiger partial charge in [0.2, 0.25) is 0 Å². The topological polar surface area (TPSA) is 37.3 Å². The number of aliphatic hydroxyl groups is 1. The predicted octanol–water partition coefficient (Wildman–Crippen LogP) is 2.54. The van der Waals surface area contributed by atoms with Crippen LogP contribution >= 0.6 is 0 Å². The first-order valence-corrected chi connectivity index (χ1v) is 5.24. The van der Waals surface area contributed by atoms with Crippen LogP contribution in [0.25, 0.3) is 0 Å². The number of carbonyl (C=O) groups is 1. The van der Waals surface area contributed by atoms with Crippen molar-refractivity contribution in [1.29, 1.82) is 0 Å². The normalized spacial score (nSPS) is 14.2. The van der Waals surface area contributed by atoms with Gasteiger partial charge in [0.15, 0.2) is 0 Å². The molecule has 2 heteroatoms. The van der Waals surface area contributed by atoms with Gasteiger partial charge in [0.1, 0.15) is 6.29 Å². The first-order valence-electron chi connectivity index (χ1n) is 5.24. The van der Waals surface area contributed by atoms with E-state index in [-0.39, 0.29) is 0 Å². The van der Waals surface area contributed by atoms with Crippen LogP contribution in [0, 0.1) is 5.92 Å². The highest BCUT2D eigenvalue weighted by Gasteiger charge is 2.22. The highest BCUT2D eigenvalue weighted by atomic mass is 16.3. The SMILES string of the molecule is CCC(O)(CC)CCC(C)CC=O. The van der Waals surface area contributed by atoms with Crippen LogP contribution in [0.15, 0.2) is 0 Å². The smallest absolute Gasteiger partial charge is 0.120 e. The maximum atomic E-state index is 10.2. The summed E-state index contributed by atoms with van der Waals surface area (Å²) < 4.78 is 0. The molecule has 1 N–H and O–H groups in total. The highest BCUT2D eigenvalue weighted by Crippen LogP contribution is 2.24. The molecular weight excluding hydrogens is 164 g/mol. The van der Waals surface area contributed by atoms with Crippen molar-refractivity contribution in [3.05, 3.63) is 0 Å². The molecule has 1 unspecified atom stereocenters. The van der Waals surface area contributed by atoms with Crippen molar-refractivity contribution in [3.8, 4) is 0 Å². The summed E-state index contributed by atoms with van der Waals surface area (Å²) in [5, 5.41) is 9.96. The molecule has 2 nitrogen and oxygen atoms in total. The lowest BCUT2D eigenvalue weighted by Crippen LogP contribution is -2.27. The van der Waals surface area contributed by atoms with E-state index in [9.17, 15) is 9.90 Å². The van der Waals surface area contributed by atoms with Crippen molar-refractivity contribution in [1.82, 2.24) is 0 Å². The monoisotopic (exact) mass is 186 g/mol. The van der Waals surface area contributed by atoms with Crippen molar-refractivity contribution in [3.63, 3.8) is 0 Å². The summed E-state index contributed by atoms with van der Waals surface area (Å²) >= 11 is 0. The van der Waals surface area contributed by atoms with Crippen molar-refractivity contribution in [2.45, 2.75) is 58.5 Å². The number of aldehydes is 1. The van der Waals surface area contributed by atoms with Gasteiger partial charge in [-0.1, -0.05) is 20.8 Å². The Balaban J connectivity index is 3.77. The van der Waals surface area contributed by atoms with Gasteiger partial charge >= 0.3 is 0 Å². The van der Waals surface area contributed by atoms with E-state index < -0.39 is 5.60 Å². The average Bonchev–Trinajstić information content (AvgIpc) is 2.15. The molecule has 0 saturated heterocycles. The Hall–Kier alpha value is -0.370. The lowest BCUT2D eigenvalue weighted by atomic mass is 9.88. The van der Waals surface area contributed by atoms with E-state index in [2.05, 4.69) is 6.92 Å². The van der Waals surface area contributed by atoms with Crippen LogP contribution in [0.5, 0.6) is 0 Å². The van der Waals surface area contributed by atoms with Crippen LogP contribution in [0.3, 0.4) is 0 Å². The fraction of sp³-hybridized carbons (Fsp3) is 0.909. The van der Waals surface area contributed by atoms with E-state index in [1.807, 2.05) is 13.8 Å². The highest BCUT2D eigenvalue weighted by molar-refractivity contribution is 5.49. The third kappa shape index (κ3) is 5.04. The van der Waals surface area contributed by atoms with Gasteiger partial charge < -0.3 is 9.90 Å². The van der Waals surface area contributed by atoms with E-state index in [0.717, 1.165) is 32.0 Å². The minimum absolute atomic E-state index is 0.405. The zero-order valence-corrected chi connectivity index (χ0v) is 9.05. The Morgan fingerprint density at radius 3 is 2.31 bits per heavy atom.